The van der Waals surface area contributed by atoms with Gasteiger partial charge in [0, 0.05) is 11.1 Å². The summed E-state index contributed by atoms with van der Waals surface area (Å²) in [7, 11) is 0. The van der Waals surface area contributed by atoms with Crippen molar-refractivity contribution in [2.45, 2.75) is 19.5 Å². The zero-order valence-corrected chi connectivity index (χ0v) is 15.9. The van der Waals surface area contributed by atoms with E-state index in [-0.39, 0.29) is 24.3 Å². The second-order valence-corrected chi connectivity index (χ2v) is 7.30. The number of nitrogens with one attached hydrogen (secondary N) is 1. The first-order valence-electron chi connectivity index (χ1n) is 9.57. The predicted octanol–water partition coefficient (Wildman–Crippen LogP) is 0.656. The van der Waals surface area contributed by atoms with Crippen molar-refractivity contribution in [1.82, 2.24) is 4.90 Å². The highest BCUT2D eigenvalue weighted by molar-refractivity contribution is 5.77. The van der Waals surface area contributed by atoms with Gasteiger partial charge in [-0.2, -0.15) is 0 Å². The molecular weight excluding hydrogens is 367 g/mol. The smallest absolute Gasteiger partial charge is 0.278 e. The lowest BCUT2D eigenvalue weighted by molar-refractivity contribution is -0.917. The summed E-state index contributed by atoms with van der Waals surface area (Å²) in [5.74, 6) is -1.91. The Morgan fingerprint density at radius 2 is 1.79 bits per heavy atom. The van der Waals surface area contributed by atoms with Crippen LogP contribution in [0.25, 0.3) is 0 Å². The molecule has 2 aromatic carbocycles. The second kappa shape index (κ2) is 9.21. The highest BCUT2D eigenvalue weighted by atomic mass is 19.2. The lowest BCUT2D eigenvalue weighted by atomic mass is 10.1. The summed E-state index contributed by atoms with van der Waals surface area (Å²) in [5.41, 5.74) is 1.34. The minimum Gasteiger partial charge on any atom is -0.333 e. The molecule has 3 rings (SSSR count). The highest BCUT2D eigenvalue weighted by Crippen LogP contribution is 2.13. The summed E-state index contributed by atoms with van der Waals surface area (Å²) < 4.78 is 40.2. The minimum atomic E-state index is -0.877. The van der Waals surface area contributed by atoms with E-state index in [0.717, 1.165) is 19.2 Å². The van der Waals surface area contributed by atoms with Crippen molar-refractivity contribution < 1.29 is 28.2 Å². The Hall–Kier alpha value is -2.38. The van der Waals surface area contributed by atoms with Crippen LogP contribution in [0, 0.1) is 17.5 Å². The molecule has 0 spiro atoms. The summed E-state index contributed by atoms with van der Waals surface area (Å²) in [6.45, 7) is 5.55. The topological polar surface area (TPSA) is 41.4 Å². The van der Waals surface area contributed by atoms with Crippen LogP contribution in [0.4, 0.5) is 13.2 Å². The van der Waals surface area contributed by atoms with Crippen molar-refractivity contribution in [3.8, 4) is 0 Å². The molecule has 0 radical (unpaired) electrons. The molecule has 7 heteroatoms. The van der Waals surface area contributed by atoms with Gasteiger partial charge in [0.1, 0.15) is 18.4 Å². The second-order valence-electron chi connectivity index (χ2n) is 7.30. The molecule has 3 N–H and O–H groups in total. The Morgan fingerprint density at radius 3 is 2.46 bits per heavy atom. The van der Waals surface area contributed by atoms with Gasteiger partial charge in [0.25, 0.3) is 5.91 Å². The molecule has 1 fully saturated rings. The fraction of sp³-hybridized carbons (Fsp3) is 0.381. The van der Waals surface area contributed by atoms with Gasteiger partial charge in [-0.3, -0.25) is 4.79 Å². The van der Waals surface area contributed by atoms with Gasteiger partial charge in [-0.25, -0.2) is 13.2 Å². The Morgan fingerprint density at radius 1 is 1.07 bits per heavy atom. The van der Waals surface area contributed by atoms with Crippen molar-refractivity contribution in [3.05, 3.63) is 71.0 Å². The van der Waals surface area contributed by atoms with Gasteiger partial charge in [0.15, 0.2) is 18.2 Å². The van der Waals surface area contributed by atoms with Crippen LogP contribution in [0.1, 0.15) is 24.1 Å². The number of benzene rings is 2. The third-order valence-electron chi connectivity index (χ3n) is 5.34. The van der Waals surface area contributed by atoms with Gasteiger partial charge >= 0.3 is 0 Å². The molecule has 0 aromatic heterocycles. The van der Waals surface area contributed by atoms with Gasteiger partial charge in [0.05, 0.1) is 26.2 Å². The number of carbonyl (C=O) groups excluding carboxylic acids is 1. The first-order valence-corrected chi connectivity index (χ1v) is 9.57. The fourth-order valence-corrected chi connectivity index (χ4v) is 3.50. The van der Waals surface area contributed by atoms with E-state index >= 15 is 0 Å². The van der Waals surface area contributed by atoms with Crippen molar-refractivity contribution in [3.63, 3.8) is 0 Å². The van der Waals surface area contributed by atoms with Crippen LogP contribution < -0.4 is 10.2 Å². The molecular formula is C21H26F3N3O+2. The molecule has 1 aliphatic heterocycles. The maximum atomic E-state index is 13.8. The number of quaternary nitrogens is 2. The quantitative estimate of drug-likeness (QED) is 0.744. The van der Waals surface area contributed by atoms with Crippen LogP contribution in [-0.2, 0) is 11.3 Å². The first-order chi connectivity index (χ1) is 13.4. The molecule has 1 saturated heterocycles. The zero-order chi connectivity index (χ0) is 20.1. The molecule has 150 valence electrons. The summed E-state index contributed by atoms with van der Waals surface area (Å²) in [6.07, 6.45) is 0. The maximum absolute atomic E-state index is 13.8. The Bertz CT molecular complexity index is 822. The number of amides is 1. The summed E-state index contributed by atoms with van der Waals surface area (Å²) in [6, 6.07) is 10.5. The van der Waals surface area contributed by atoms with E-state index in [9.17, 15) is 18.0 Å². The Balaban J connectivity index is 1.44. The number of piperazine rings is 1. The molecule has 0 bridgehead atoms. The number of nitrogens with zero attached hydrogens (tertiary/aromatic N) is 1. The molecule has 0 aliphatic carbocycles. The van der Waals surface area contributed by atoms with Crippen LogP contribution in [0.3, 0.4) is 0 Å². The lowest BCUT2D eigenvalue weighted by Gasteiger charge is -2.32. The largest absolute Gasteiger partial charge is 0.333 e. The molecule has 1 aliphatic rings. The third kappa shape index (κ3) is 5.11. The van der Waals surface area contributed by atoms with E-state index in [1.165, 1.54) is 23.1 Å². The van der Waals surface area contributed by atoms with E-state index in [1.54, 1.807) is 12.1 Å². The van der Waals surface area contributed by atoms with Crippen LogP contribution in [-0.4, -0.2) is 43.5 Å². The number of hydrogen-bond donors (Lipinski definition) is 2. The van der Waals surface area contributed by atoms with E-state index in [1.807, 2.05) is 23.2 Å². The number of carbonyl (C=O) groups is 1. The summed E-state index contributed by atoms with van der Waals surface area (Å²) in [5, 5.41) is 1.83. The minimum absolute atomic E-state index is 0.0272. The number of halogens is 3. The van der Waals surface area contributed by atoms with Gasteiger partial charge < -0.3 is 15.1 Å². The third-order valence-corrected chi connectivity index (χ3v) is 5.34. The van der Waals surface area contributed by atoms with Gasteiger partial charge in [0.2, 0.25) is 0 Å². The van der Waals surface area contributed by atoms with E-state index < -0.39 is 11.6 Å². The highest BCUT2D eigenvalue weighted by Gasteiger charge is 2.25. The predicted molar refractivity (Wildman–Crippen MR) is 98.9 cm³/mol. The van der Waals surface area contributed by atoms with E-state index in [0.29, 0.717) is 30.8 Å². The SMILES string of the molecule is C[C@H]([NH2+]CC(=O)N1CC[NH+](Cc2ccccc2F)CC1)c1ccc(F)c(F)c1. The van der Waals surface area contributed by atoms with E-state index in [2.05, 4.69) is 0 Å². The molecule has 1 amide bonds. The van der Waals surface area contributed by atoms with Crippen LogP contribution >= 0.6 is 0 Å². The van der Waals surface area contributed by atoms with E-state index in [4.69, 9.17) is 0 Å². The summed E-state index contributed by atoms with van der Waals surface area (Å²) in [4.78, 5) is 15.5. The number of nitrogens with two attached hydrogens (primary N) is 1. The lowest BCUT2D eigenvalue weighted by Crippen LogP contribution is -3.13. The van der Waals surface area contributed by atoms with Crippen molar-refractivity contribution >= 4 is 5.91 Å². The molecule has 1 atom stereocenters. The molecule has 28 heavy (non-hydrogen) atoms. The standard InChI is InChI=1S/C21H24F3N3O/c1-15(16-6-7-19(23)20(24)12-16)25-13-21(28)27-10-8-26(9-11-27)14-17-4-2-3-5-18(17)22/h2-7,12,15,25H,8-11,13-14H2,1H3/p+2/t15-/m0/s1. The van der Waals surface area contributed by atoms with Gasteiger partial charge in [-0.05, 0) is 31.2 Å². The van der Waals surface area contributed by atoms with Crippen LogP contribution in [0.2, 0.25) is 0 Å². The average Bonchev–Trinajstić information content (AvgIpc) is 2.70. The normalized spacial score (nSPS) is 16.2. The zero-order valence-electron chi connectivity index (χ0n) is 15.9. The molecule has 0 unspecified atom stereocenters. The monoisotopic (exact) mass is 393 g/mol. The van der Waals surface area contributed by atoms with Crippen molar-refractivity contribution in [1.29, 1.82) is 0 Å². The van der Waals surface area contributed by atoms with Crippen molar-refractivity contribution in [2.24, 2.45) is 0 Å². The Labute approximate surface area is 162 Å². The molecule has 0 saturated carbocycles. The van der Waals surface area contributed by atoms with Gasteiger partial charge in [-0.1, -0.05) is 18.2 Å². The Kier molecular flexibility index (Phi) is 6.70. The van der Waals surface area contributed by atoms with Gasteiger partial charge in [-0.15, -0.1) is 0 Å². The maximum Gasteiger partial charge on any atom is 0.278 e. The summed E-state index contributed by atoms with van der Waals surface area (Å²) >= 11 is 0. The average molecular weight is 393 g/mol. The van der Waals surface area contributed by atoms with Crippen LogP contribution in [0.5, 0.6) is 0 Å². The van der Waals surface area contributed by atoms with Crippen molar-refractivity contribution in [2.75, 3.05) is 32.7 Å². The molecule has 1 heterocycles. The van der Waals surface area contributed by atoms with Crippen LogP contribution in [0.15, 0.2) is 42.5 Å². The molecule has 2 aromatic rings. The number of hydrogen-bond acceptors (Lipinski definition) is 1. The fourth-order valence-electron chi connectivity index (χ4n) is 3.50. The first kappa shape index (κ1) is 20.4. The molecule has 4 nitrogen and oxygen atoms in total. The number of rotatable bonds is 6.